The maximum atomic E-state index is 12.9. The van der Waals surface area contributed by atoms with Crippen molar-refractivity contribution in [3.8, 4) is 0 Å². The Balaban J connectivity index is 1.45. The minimum Gasteiger partial charge on any atom is -0.352 e. The van der Waals surface area contributed by atoms with Gasteiger partial charge in [0.1, 0.15) is 0 Å². The molecule has 172 valence electrons. The van der Waals surface area contributed by atoms with Crippen LogP contribution >= 0.6 is 11.6 Å². The van der Waals surface area contributed by atoms with Gasteiger partial charge in [-0.05, 0) is 56.2 Å². The molecule has 1 N–H and O–H groups in total. The Hall–Kier alpha value is -2.42. The minimum absolute atomic E-state index is 0.0275. The number of benzene rings is 2. The first-order valence-corrected chi connectivity index (χ1v) is 12.5. The van der Waals surface area contributed by atoms with Crippen molar-refractivity contribution in [1.29, 1.82) is 0 Å². The van der Waals surface area contributed by atoms with Gasteiger partial charge in [0, 0.05) is 49.7 Å². The van der Waals surface area contributed by atoms with E-state index in [-0.39, 0.29) is 23.3 Å². The molecule has 2 aromatic rings. The average Bonchev–Trinajstić information content (AvgIpc) is 3.04. The normalized spacial score (nSPS) is 15.2. The quantitative estimate of drug-likeness (QED) is 0.621. The van der Waals surface area contributed by atoms with E-state index in [1.807, 2.05) is 6.92 Å². The molecule has 0 atom stereocenters. The van der Waals surface area contributed by atoms with Gasteiger partial charge in [-0.3, -0.25) is 9.59 Å². The van der Waals surface area contributed by atoms with Gasteiger partial charge in [0.15, 0.2) is 0 Å². The number of aryl methyl sites for hydroxylation is 1. The highest BCUT2D eigenvalue weighted by atomic mass is 35.5. The first-order valence-electron chi connectivity index (χ1n) is 10.7. The molecule has 1 aliphatic rings. The van der Waals surface area contributed by atoms with Crippen LogP contribution in [0.1, 0.15) is 35.2 Å². The molecular weight excluding hydrogens is 450 g/mol. The monoisotopic (exact) mass is 477 g/mol. The largest absolute Gasteiger partial charge is 0.352 e. The summed E-state index contributed by atoms with van der Waals surface area (Å²) in [6.07, 6.45) is 1.40. The molecule has 1 saturated heterocycles. The molecule has 32 heavy (non-hydrogen) atoms. The van der Waals surface area contributed by atoms with Crippen molar-refractivity contribution in [2.24, 2.45) is 0 Å². The van der Waals surface area contributed by atoms with E-state index < -0.39 is 10.0 Å². The number of amides is 2. The van der Waals surface area contributed by atoms with Crippen molar-refractivity contribution in [3.63, 3.8) is 0 Å². The van der Waals surface area contributed by atoms with Crippen LogP contribution in [0.15, 0.2) is 53.4 Å². The summed E-state index contributed by atoms with van der Waals surface area (Å²) in [4.78, 5) is 26.7. The second kappa shape index (κ2) is 10.9. The molecule has 1 fully saturated rings. The van der Waals surface area contributed by atoms with E-state index in [1.165, 1.54) is 4.31 Å². The lowest BCUT2D eigenvalue weighted by atomic mass is 10.2. The highest BCUT2D eigenvalue weighted by molar-refractivity contribution is 7.89. The van der Waals surface area contributed by atoms with E-state index in [4.69, 9.17) is 11.6 Å². The molecule has 2 aromatic carbocycles. The van der Waals surface area contributed by atoms with Crippen molar-refractivity contribution >= 4 is 33.4 Å². The van der Waals surface area contributed by atoms with Crippen molar-refractivity contribution in [2.45, 2.75) is 31.1 Å². The third-order valence-corrected chi connectivity index (χ3v) is 7.59. The summed E-state index contributed by atoms with van der Waals surface area (Å²) in [6, 6.07) is 13.4. The molecule has 0 saturated carbocycles. The summed E-state index contributed by atoms with van der Waals surface area (Å²) in [6.45, 7) is 3.84. The van der Waals surface area contributed by atoms with E-state index in [9.17, 15) is 18.0 Å². The van der Waals surface area contributed by atoms with Crippen molar-refractivity contribution in [2.75, 3.05) is 32.7 Å². The zero-order chi connectivity index (χ0) is 23.1. The minimum atomic E-state index is -3.57. The number of hydrogen-bond acceptors (Lipinski definition) is 4. The van der Waals surface area contributed by atoms with Crippen LogP contribution in [-0.2, 0) is 14.8 Å². The predicted octanol–water partition coefficient (Wildman–Crippen LogP) is 3.08. The van der Waals surface area contributed by atoms with Gasteiger partial charge in [-0.2, -0.15) is 4.31 Å². The van der Waals surface area contributed by atoms with E-state index in [0.717, 1.165) is 5.56 Å². The second-order valence-corrected chi connectivity index (χ2v) is 10.2. The number of rotatable bonds is 7. The third kappa shape index (κ3) is 6.31. The number of sulfonamides is 1. The number of carbonyl (C=O) groups excluding carboxylic acids is 2. The molecule has 0 radical (unpaired) electrons. The number of nitrogens with one attached hydrogen (secondary N) is 1. The molecule has 3 rings (SSSR count). The molecule has 2 amide bonds. The van der Waals surface area contributed by atoms with Crippen LogP contribution in [0.2, 0.25) is 5.02 Å². The highest BCUT2D eigenvalue weighted by Gasteiger charge is 2.28. The molecule has 0 spiro atoms. The van der Waals surface area contributed by atoms with Crippen LogP contribution in [0.3, 0.4) is 0 Å². The Bertz CT molecular complexity index is 1040. The molecule has 7 nitrogen and oxygen atoms in total. The van der Waals surface area contributed by atoms with E-state index in [2.05, 4.69) is 5.32 Å². The zero-order valence-electron chi connectivity index (χ0n) is 18.1. The Kier molecular flexibility index (Phi) is 8.28. The van der Waals surface area contributed by atoms with Gasteiger partial charge in [-0.15, -0.1) is 0 Å². The Labute approximate surface area is 194 Å². The fraction of sp³-hybridized carbons (Fsp3) is 0.391. The molecule has 0 unspecified atom stereocenters. The fourth-order valence-electron chi connectivity index (χ4n) is 3.55. The third-order valence-electron chi connectivity index (χ3n) is 5.43. The molecular formula is C23H28ClN3O4S. The number of carbonyl (C=O) groups is 2. The Morgan fingerprint density at radius 3 is 2.34 bits per heavy atom. The van der Waals surface area contributed by atoms with E-state index >= 15 is 0 Å². The SMILES string of the molecule is Cc1ccc(S(=O)(=O)N2CCCN(C(=O)CCCNC(=O)c3ccc(Cl)cc3)CC2)cc1. The predicted molar refractivity (Wildman–Crippen MR) is 124 cm³/mol. The van der Waals surface area contributed by atoms with Gasteiger partial charge < -0.3 is 10.2 Å². The summed E-state index contributed by atoms with van der Waals surface area (Å²) in [5, 5.41) is 3.36. The maximum Gasteiger partial charge on any atom is 0.251 e. The second-order valence-electron chi connectivity index (χ2n) is 7.82. The van der Waals surface area contributed by atoms with Crippen molar-refractivity contribution in [1.82, 2.24) is 14.5 Å². The van der Waals surface area contributed by atoms with Crippen LogP contribution in [0.25, 0.3) is 0 Å². The summed E-state index contributed by atoms with van der Waals surface area (Å²) < 4.78 is 27.3. The number of hydrogen-bond donors (Lipinski definition) is 1. The lowest BCUT2D eigenvalue weighted by Crippen LogP contribution is -2.37. The number of halogens is 1. The number of nitrogens with zero attached hydrogens (tertiary/aromatic N) is 2. The van der Waals surface area contributed by atoms with Gasteiger partial charge in [-0.1, -0.05) is 29.3 Å². The average molecular weight is 478 g/mol. The molecule has 1 aliphatic heterocycles. The lowest BCUT2D eigenvalue weighted by Gasteiger charge is -2.22. The van der Waals surface area contributed by atoms with Gasteiger partial charge in [-0.25, -0.2) is 8.42 Å². The van der Waals surface area contributed by atoms with Crippen molar-refractivity contribution < 1.29 is 18.0 Å². The Morgan fingerprint density at radius 1 is 0.969 bits per heavy atom. The zero-order valence-corrected chi connectivity index (χ0v) is 19.7. The van der Waals surface area contributed by atoms with Gasteiger partial charge in [0.2, 0.25) is 15.9 Å². The van der Waals surface area contributed by atoms with E-state index in [1.54, 1.807) is 53.4 Å². The van der Waals surface area contributed by atoms with Gasteiger partial charge >= 0.3 is 0 Å². The summed E-state index contributed by atoms with van der Waals surface area (Å²) in [5.41, 5.74) is 1.52. The van der Waals surface area contributed by atoms with Crippen LogP contribution < -0.4 is 5.32 Å². The summed E-state index contributed by atoms with van der Waals surface area (Å²) in [7, 11) is -3.57. The van der Waals surface area contributed by atoms with Crippen LogP contribution in [0.4, 0.5) is 0 Å². The van der Waals surface area contributed by atoms with Crippen LogP contribution in [0, 0.1) is 6.92 Å². The Morgan fingerprint density at radius 2 is 1.66 bits per heavy atom. The van der Waals surface area contributed by atoms with Gasteiger partial charge in [0.05, 0.1) is 4.90 Å². The van der Waals surface area contributed by atoms with Crippen LogP contribution in [-0.4, -0.2) is 62.2 Å². The molecule has 0 bridgehead atoms. The first-order chi connectivity index (χ1) is 15.3. The molecule has 9 heteroatoms. The fourth-order valence-corrected chi connectivity index (χ4v) is 5.14. The van der Waals surface area contributed by atoms with Crippen molar-refractivity contribution in [3.05, 3.63) is 64.7 Å². The van der Waals surface area contributed by atoms with Gasteiger partial charge in [0.25, 0.3) is 5.91 Å². The molecule has 0 aliphatic carbocycles. The van der Waals surface area contributed by atoms with Crippen LogP contribution in [0.5, 0.6) is 0 Å². The molecule has 1 heterocycles. The maximum absolute atomic E-state index is 12.9. The summed E-state index contributed by atoms with van der Waals surface area (Å²) >= 11 is 5.82. The standard InChI is InChI=1S/C23H28ClN3O4S/c1-18-5-11-21(12-6-18)32(30,31)27-15-3-14-26(16-17-27)22(28)4-2-13-25-23(29)19-7-9-20(24)10-8-19/h5-12H,2-4,13-17H2,1H3,(H,25,29). The topological polar surface area (TPSA) is 86.8 Å². The molecule has 0 aromatic heterocycles. The highest BCUT2D eigenvalue weighted by Crippen LogP contribution is 2.18. The smallest absolute Gasteiger partial charge is 0.251 e. The van der Waals surface area contributed by atoms with E-state index in [0.29, 0.717) is 56.0 Å². The lowest BCUT2D eigenvalue weighted by molar-refractivity contribution is -0.131. The summed E-state index contributed by atoms with van der Waals surface area (Å²) in [5.74, 6) is -0.235. The first kappa shape index (κ1) is 24.2.